The van der Waals surface area contributed by atoms with E-state index >= 15 is 0 Å². The highest BCUT2D eigenvalue weighted by molar-refractivity contribution is 8.00. The zero-order valence-electron chi connectivity index (χ0n) is 20.2. The Morgan fingerprint density at radius 3 is 2.61 bits per heavy atom. The van der Waals surface area contributed by atoms with Gasteiger partial charge in [0.2, 0.25) is 5.91 Å². The molecule has 1 aromatic heterocycles. The number of carbonyl (C=O) groups excluding carboxylic acids is 2. The summed E-state index contributed by atoms with van der Waals surface area (Å²) in [6, 6.07) is 20.1. The number of carbonyl (C=O) groups is 2. The van der Waals surface area contributed by atoms with Crippen LogP contribution in [-0.2, 0) is 4.79 Å². The van der Waals surface area contributed by atoms with Gasteiger partial charge in [0.25, 0.3) is 5.91 Å². The molecule has 1 heterocycles. The number of benzene rings is 3. The van der Waals surface area contributed by atoms with E-state index in [1.165, 1.54) is 23.1 Å². The van der Waals surface area contributed by atoms with Gasteiger partial charge in [0.05, 0.1) is 29.2 Å². The largest absolute Gasteiger partial charge is 0.497 e. The van der Waals surface area contributed by atoms with Crippen molar-refractivity contribution in [3.05, 3.63) is 72.3 Å². The summed E-state index contributed by atoms with van der Waals surface area (Å²) in [4.78, 5) is 31.1. The fourth-order valence-electron chi connectivity index (χ4n) is 3.50. The van der Waals surface area contributed by atoms with Crippen molar-refractivity contribution in [3.63, 3.8) is 0 Å². The lowest BCUT2D eigenvalue weighted by molar-refractivity contribution is -0.115. The van der Waals surface area contributed by atoms with Crippen LogP contribution in [0.4, 0.5) is 10.8 Å². The van der Waals surface area contributed by atoms with Crippen molar-refractivity contribution >= 4 is 55.9 Å². The van der Waals surface area contributed by atoms with Crippen LogP contribution >= 0.6 is 23.1 Å². The monoisotopic (exact) mass is 521 g/mol. The predicted octanol–water partition coefficient (Wildman–Crippen LogP) is 6.47. The molecule has 0 aliphatic rings. The molecule has 0 saturated heterocycles. The fraction of sp³-hybridized carbons (Fsp3) is 0.222. The maximum Gasteiger partial charge on any atom is 0.255 e. The van der Waals surface area contributed by atoms with Crippen LogP contribution in [0.25, 0.3) is 10.2 Å². The first-order valence-electron chi connectivity index (χ1n) is 11.6. The Hall–Kier alpha value is -3.56. The minimum Gasteiger partial charge on any atom is -0.497 e. The van der Waals surface area contributed by atoms with Crippen molar-refractivity contribution in [3.8, 4) is 11.5 Å². The second kappa shape index (κ2) is 11.9. The number of nitrogens with one attached hydrogen (secondary N) is 2. The molecular weight excluding hydrogens is 494 g/mol. The molecule has 2 N–H and O–H groups in total. The van der Waals surface area contributed by atoms with Crippen LogP contribution in [0.5, 0.6) is 11.5 Å². The zero-order chi connectivity index (χ0) is 25.5. The first-order chi connectivity index (χ1) is 17.5. The fourth-order valence-corrected chi connectivity index (χ4v) is 5.41. The number of nitrogens with zero attached hydrogens (tertiary/aromatic N) is 1. The molecular formula is C27H27N3O4S2. The minimum atomic E-state index is -0.319. The Kier molecular flexibility index (Phi) is 8.45. The van der Waals surface area contributed by atoms with Crippen LogP contribution in [0.2, 0.25) is 0 Å². The number of hydrogen-bond acceptors (Lipinski definition) is 7. The molecule has 0 radical (unpaired) electrons. The second-order valence-corrected chi connectivity index (χ2v) is 10.1. The lowest BCUT2D eigenvalue weighted by atomic mass is 10.2. The van der Waals surface area contributed by atoms with E-state index in [1.807, 2.05) is 56.3 Å². The normalized spacial score (nSPS) is 11.6. The lowest BCUT2D eigenvalue weighted by Gasteiger charge is -2.14. The van der Waals surface area contributed by atoms with Gasteiger partial charge in [-0.3, -0.25) is 9.59 Å². The van der Waals surface area contributed by atoms with Gasteiger partial charge in [-0.05, 0) is 67.9 Å². The third-order valence-corrected chi connectivity index (χ3v) is 7.56. The average molecular weight is 522 g/mol. The number of ether oxygens (including phenoxy) is 2. The molecule has 0 aliphatic carbocycles. The molecule has 4 aromatic rings. The molecule has 0 fully saturated rings. The maximum atomic E-state index is 13.0. The average Bonchev–Trinajstić information content (AvgIpc) is 3.29. The Labute approximate surface area is 218 Å². The Bertz CT molecular complexity index is 1370. The molecule has 2 amide bonds. The van der Waals surface area contributed by atoms with Crippen molar-refractivity contribution in [1.82, 2.24) is 4.98 Å². The molecule has 0 spiro atoms. The van der Waals surface area contributed by atoms with Crippen LogP contribution in [0.1, 0.15) is 30.6 Å². The Balaban J connectivity index is 1.41. The summed E-state index contributed by atoms with van der Waals surface area (Å²) in [6.07, 6.45) is 0.635. The van der Waals surface area contributed by atoms with Gasteiger partial charge in [-0.2, -0.15) is 0 Å². The number of amides is 2. The summed E-state index contributed by atoms with van der Waals surface area (Å²) >= 11 is 2.87. The topological polar surface area (TPSA) is 89.5 Å². The van der Waals surface area contributed by atoms with Gasteiger partial charge in [0.1, 0.15) is 11.5 Å². The van der Waals surface area contributed by atoms with Gasteiger partial charge in [0.15, 0.2) is 5.13 Å². The molecule has 0 bridgehead atoms. The molecule has 1 unspecified atom stereocenters. The quantitative estimate of drug-likeness (QED) is 0.233. The number of fused-ring (bicyclic) bond motifs is 1. The molecule has 7 nitrogen and oxygen atoms in total. The smallest absolute Gasteiger partial charge is 0.255 e. The summed E-state index contributed by atoms with van der Waals surface area (Å²) in [7, 11) is 1.56. The molecule has 0 saturated carbocycles. The standard InChI is InChI=1S/C27H27N3O4S2/c1-4-23(26(32)30-27-29-22-13-12-20(34-5-2)16-24(22)36-27)35-21-11-7-9-18(15-21)28-25(31)17-8-6-10-19(14-17)33-3/h6-16,23H,4-5H2,1-3H3,(H,28,31)(H,29,30,32). The number of anilines is 2. The number of aromatic nitrogens is 1. The summed E-state index contributed by atoms with van der Waals surface area (Å²) in [6.45, 7) is 4.50. The summed E-state index contributed by atoms with van der Waals surface area (Å²) < 4.78 is 11.7. The highest BCUT2D eigenvalue weighted by Gasteiger charge is 2.20. The Morgan fingerprint density at radius 2 is 1.83 bits per heavy atom. The number of methoxy groups -OCH3 is 1. The molecule has 1 atom stereocenters. The van der Waals surface area contributed by atoms with Gasteiger partial charge in [-0.15, -0.1) is 11.8 Å². The van der Waals surface area contributed by atoms with Crippen LogP contribution in [0, 0.1) is 0 Å². The van der Waals surface area contributed by atoms with Crippen molar-refractivity contribution in [2.24, 2.45) is 0 Å². The van der Waals surface area contributed by atoms with Gasteiger partial charge < -0.3 is 20.1 Å². The van der Waals surface area contributed by atoms with Crippen LogP contribution in [0.15, 0.2) is 71.6 Å². The molecule has 9 heteroatoms. The van der Waals surface area contributed by atoms with Gasteiger partial charge >= 0.3 is 0 Å². The maximum absolute atomic E-state index is 13.0. The Morgan fingerprint density at radius 1 is 1.00 bits per heavy atom. The van der Waals surface area contributed by atoms with Crippen molar-refractivity contribution in [1.29, 1.82) is 0 Å². The van der Waals surface area contributed by atoms with E-state index in [0.29, 0.717) is 35.2 Å². The number of thioether (sulfide) groups is 1. The van der Waals surface area contributed by atoms with Gasteiger partial charge in [-0.1, -0.05) is 30.4 Å². The summed E-state index contributed by atoms with van der Waals surface area (Å²) in [5.41, 5.74) is 1.97. The minimum absolute atomic E-state index is 0.114. The first kappa shape index (κ1) is 25.5. The van der Waals surface area contributed by atoms with E-state index in [0.717, 1.165) is 20.9 Å². The molecule has 4 rings (SSSR count). The van der Waals surface area contributed by atoms with Crippen molar-refractivity contribution < 1.29 is 19.1 Å². The highest BCUT2D eigenvalue weighted by atomic mass is 32.2. The van der Waals surface area contributed by atoms with E-state index in [9.17, 15) is 9.59 Å². The van der Waals surface area contributed by atoms with Gasteiger partial charge in [0, 0.05) is 16.1 Å². The van der Waals surface area contributed by atoms with E-state index in [-0.39, 0.29) is 17.1 Å². The third kappa shape index (κ3) is 6.35. The molecule has 3 aromatic carbocycles. The molecule has 0 aliphatic heterocycles. The SMILES string of the molecule is CCOc1ccc2nc(NC(=O)C(CC)Sc3cccc(NC(=O)c4cccc(OC)c4)c3)sc2c1. The van der Waals surface area contributed by atoms with Crippen LogP contribution < -0.4 is 20.1 Å². The van der Waals surface area contributed by atoms with E-state index in [1.54, 1.807) is 31.4 Å². The molecule has 186 valence electrons. The van der Waals surface area contributed by atoms with Gasteiger partial charge in [-0.25, -0.2) is 4.98 Å². The predicted molar refractivity (Wildman–Crippen MR) is 147 cm³/mol. The van der Waals surface area contributed by atoms with E-state index in [4.69, 9.17) is 9.47 Å². The number of thiazole rings is 1. The van der Waals surface area contributed by atoms with Crippen molar-refractivity contribution in [2.75, 3.05) is 24.4 Å². The summed E-state index contributed by atoms with van der Waals surface area (Å²) in [5, 5.41) is 6.11. The van der Waals surface area contributed by atoms with E-state index < -0.39 is 0 Å². The number of rotatable bonds is 10. The first-order valence-corrected chi connectivity index (χ1v) is 13.2. The van der Waals surface area contributed by atoms with Crippen molar-refractivity contribution in [2.45, 2.75) is 30.4 Å². The number of hydrogen-bond donors (Lipinski definition) is 2. The zero-order valence-corrected chi connectivity index (χ0v) is 21.9. The van der Waals surface area contributed by atoms with Crippen LogP contribution in [-0.4, -0.2) is 35.8 Å². The van der Waals surface area contributed by atoms with E-state index in [2.05, 4.69) is 15.6 Å². The highest BCUT2D eigenvalue weighted by Crippen LogP contribution is 2.32. The molecule has 36 heavy (non-hydrogen) atoms. The van der Waals surface area contributed by atoms with Crippen LogP contribution in [0.3, 0.4) is 0 Å². The summed E-state index contributed by atoms with van der Waals surface area (Å²) in [5.74, 6) is 1.06. The third-order valence-electron chi connectivity index (χ3n) is 5.27. The lowest BCUT2D eigenvalue weighted by Crippen LogP contribution is -2.24. The second-order valence-electron chi connectivity index (χ2n) is 7.80.